The molecule has 4 aliphatic rings. The van der Waals surface area contributed by atoms with Gasteiger partial charge in [-0.2, -0.15) is 15.0 Å². The predicted molar refractivity (Wildman–Crippen MR) is 93.0 cm³/mol. The highest BCUT2D eigenvalue weighted by atomic mass is 32.2. The highest BCUT2D eigenvalue weighted by molar-refractivity contribution is 8.00. The minimum atomic E-state index is -0.292. The summed E-state index contributed by atoms with van der Waals surface area (Å²) in [6, 6.07) is 0. The molecule has 1 atom stereocenters. The van der Waals surface area contributed by atoms with Crippen molar-refractivity contribution in [3.63, 3.8) is 0 Å². The Balaban J connectivity index is 1.42. The van der Waals surface area contributed by atoms with Crippen molar-refractivity contribution in [3.8, 4) is 0 Å². The van der Waals surface area contributed by atoms with E-state index in [1.54, 1.807) is 0 Å². The van der Waals surface area contributed by atoms with Crippen LogP contribution >= 0.6 is 11.8 Å². The monoisotopic (exact) mass is 348 g/mol. The second kappa shape index (κ2) is 5.75. The normalized spacial score (nSPS) is 35.0. The van der Waals surface area contributed by atoms with E-state index in [4.69, 9.17) is 11.5 Å². The Morgan fingerprint density at radius 1 is 1.08 bits per heavy atom. The van der Waals surface area contributed by atoms with E-state index >= 15 is 0 Å². The predicted octanol–water partition coefficient (Wildman–Crippen LogP) is 1.60. The highest BCUT2D eigenvalue weighted by Crippen LogP contribution is 2.55. The number of anilines is 2. The number of nitrogens with zero attached hydrogens (tertiary/aromatic N) is 3. The summed E-state index contributed by atoms with van der Waals surface area (Å²) in [6.07, 6.45) is 7.53. The molecule has 1 amide bonds. The molecule has 5 rings (SSSR count). The van der Waals surface area contributed by atoms with Crippen LogP contribution in [0.15, 0.2) is 5.16 Å². The van der Waals surface area contributed by atoms with Gasteiger partial charge in [0.05, 0.1) is 5.25 Å². The quantitative estimate of drug-likeness (QED) is 0.707. The van der Waals surface area contributed by atoms with Crippen LogP contribution in [0.2, 0.25) is 0 Å². The van der Waals surface area contributed by atoms with E-state index in [1.165, 1.54) is 31.0 Å². The molecule has 1 heterocycles. The lowest BCUT2D eigenvalue weighted by molar-refractivity contribution is -0.126. The fourth-order valence-electron chi connectivity index (χ4n) is 5.28. The smallest absolute Gasteiger partial charge is 0.233 e. The van der Waals surface area contributed by atoms with Crippen LogP contribution in [0.4, 0.5) is 11.9 Å². The van der Waals surface area contributed by atoms with E-state index < -0.39 is 0 Å². The Morgan fingerprint density at radius 2 is 1.58 bits per heavy atom. The van der Waals surface area contributed by atoms with E-state index in [9.17, 15) is 4.79 Å². The zero-order valence-corrected chi connectivity index (χ0v) is 14.7. The molecule has 4 fully saturated rings. The molecule has 4 aliphatic carbocycles. The summed E-state index contributed by atoms with van der Waals surface area (Å²) >= 11 is 1.27. The Kier molecular flexibility index (Phi) is 3.82. The molecule has 1 aromatic rings. The van der Waals surface area contributed by atoms with E-state index in [0.29, 0.717) is 5.16 Å². The molecule has 0 unspecified atom stereocenters. The minimum absolute atomic E-state index is 0.0256. The van der Waals surface area contributed by atoms with Crippen molar-refractivity contribution < 1.29 is 4.79 Å². The Hall–Kier alpha value is -1.57. The van der Waals surface area contributed by atoms with Gasteiger partial charge in [-0.25, -0.2) is 0 Å². The Morgan fingerprint density at radius 3 is 2.08 bits per heavy atom. The molecule has 4 bridgehead atoms. The third kappa shape index (κ3) is 3.03. The number of thioether (sulfide) groups is 1. The van der Waals surface area contributed by atoms with Crippen molar-refractivity contribution in [3.05, 3.63) is 0 Å². The average molecular weight is 348 g/mol. The number of rotatable bonds is 4. The summed E-state index contributed by atoms with van der Waals surface area (Å²) in [5.41, 5.74) is 11.2. The number of hydrogen-bond donors (Lipinski definition) is 3. The average Bonchev–Trinajstić information content (AvgIpc) is 2.43. The Bertz CT molecular complexity index is 610. The summed E-state index contributed by atoms with van der Waals surface area (Å²) in [5.74, 6) is 2.64. The van der Waals surface area contributed by atoms with Crippen LogP contribution in [0.5, 0.6) is 0 Å². The standard InChI is InChI=1S/C16H24N6OS/c1-8(24-15-20-13(17)19-14(18)21-15)12(23)22-16-5-9-2-10(6-16)4-11(3-9)7-16/h8-11H,2-7H2,1H3,(H,22,23)(H4,17,18,19,20,21)/t8-,9?,10?,11?,16?/m1/s1. The van der Waals surface area contributed by atoms with Crippen LogP contribution in [0.1, 0.15) is 45.4 Å². The molecule has 130 valence electrons. The number of nitrogens with two attached hydrogens (primary N) is 2. The topological polar surface area (TPSA) is 120 Å². The molecule has 0 radical (unpaired) electrons. The van der Waals surface area contributed by atoms with Crippen molar-refractivity contribution >= 4 is 29.6 Å². The number of amides is 1. The van der Waals surface area contributed by atoms with Crippen LogP contribution < -0.4 is 16.8 Å². The first-order valence-electron chi connectivity index (χ1n) is 8.66. The van der Waals surface area contributed by atoms with Crippen molar-refractivity contribution in [2.24, 2.45) is 17.8 Å². The van der Waals surface area contributed by atoms with E-state index in [2.05, 4.69) is 20.3 Å². The number of nitrogen functional groups attached to an aromatic ring is 2. The number of aromatic nitrogens is 3. The first-order valence-corrected chi connectivity index (χ1v) is 9.54. The summed E-state index contributed by atoms with van der Waals surface area (Å²) in [6.45, 7) is 1.87. The highest BCUT2D eigenvalue weighted by Gasteiger charge is 2.51. The van der Waals surface area contributed by atoms with Crippen LogP contribution in [0.3, 0.4) is 0 Å². The maximum atomic E-state index is 12.7. The molecule has 0 spiro atoms. The fraction of sp³-hybridized carbons (Fsp3) is 0.750. The molecule has 24 heavy (non-hydrogen) atoms. The molecule has 4 saturated carbocycles. The first kappa shape index (κ1) is 15.9. The lowest BCUT2D eigenvalue weighted by Gasteiger charge is -2.57. The molecule has 0 saturated heterocycles. The molecular weight excluding hydrogens is 324 g/mol. The van der Waals surface area contributed by atoms with Gasteiger partial charge < -0.3 is 16.8 Å². The van der Waals surface area contributed by atoms with Gasteiger partial charge in [0.2, 0.25) is 17.8 Å². The number of hydrogen-bond acceptors (Lipinski definition) is 7. The van der Waals surface area contributed by atoms with Gasteiger partial charge in [-0.3, -0.25) is 4.79 Å². The summed E-state index contributed by atoms with van der Waals surface area (Å²) in [4.78, 5) is 24.6. The van der Waals surface area contributed by atoms with Crippen molar-refractivity contribution in [1.29, 1.82) is 0 Å². The lowest BCUT2D eigenvalue weighted by Crippen LogP contribution is -2.60. The largest absolute Gasteiger partial charge is 0.368 e. The van der Waals surface area contributed by atoms with Gasteiger partial charge >= 0.3 is 0 Å². The van der Waals surface area contributed by atoms with Crippen molar-refractivity contribution in [2.45, 2.75) is 61.4 Å². The van der Waals surface area contributed by atoms with Gasteiger partial charge in [0.25, 0.3) is 0 Å². The summed E-state index contributed by atoms with van der Waals surface area (Å²) in [5, 5.41) is 3.48. The second-order valence-corrected chi connectivity index (χ2v) is 9.09. The molecule has 5 N–H and O–H groups in total. The SMILES string of the molecule is C[C@@H](Sc1nc(N)nc(N)n1)C(=O)NC12CC3CC(CC(C3)C1)C2. The molecule has 7 nitrogen and oxygen atoms in total. The zero-order valence-electron chi connectivity index (χ0n) is 13.9. The Labute approximate surface area is 145 Å². The molecular formula is C16H24N6OS. The van der Waals surface area contributed by atoms with Gasteiger partial charge in [-0.15, -0.1) is 0 Å². The molecule has 1 aromatic heterocycles. The first-order chi connectivity index (χ1) is 11.4. The molecule has 0 aliphatic heterocycles. The van der Waals surface area contributed by atoms with Crippen LogP contribution in [0.25, 0.3) is 0 Å². The van der Waals surface area contributed by atoms with Gasteiger partial charge in [-0.05, 0) is 63.2 Å². The molecule has 8 heteroatoms. The third-order valence-electron chi connectivity index (χ3n) is 5.73. The van der Waals surface area contributed by atoms with Gasteiger partial charge in [-0.1, -0.05) is 11.8 Å². The van der Waals surface area contributed by atoms with E-state index in [0.717, 1.165) is 37.0 Å². The van der Waals surface area contributed by atoms with Gasteiger partial charge in [0.15, 0.2) is 5.16 Å². The van der Waals surface area contributed by atoms with Crippen LogP contribution in [0, 0.1) is 17.8 Å². The number of nitrogens with one attached hydrogen (secondary N) is 1. The van der Waals surface area contributed by atoms with Gasteiger partial charge in [0.1, 0.15) is 0 Å². The maximum Gasteiger partial charge on any atom is 0.233 e. The lowest BCUT2D eigenvalue weighted by atomic mass is 9.53. The second-order valence-electron chi connectivity index (χ2n) is 7.78. The molecule has 0 aromatic carbocycles. The van der Waals surface area contributed by atoms with Gasteiger partial charge in [0, 0.05) is 5.54 Å². The summed E-state index contributed by atoms with van der Waals surface area (Å²) in [7, 11) is 0. The minimum Gasteiger partial charge on any atom is -0.368 e. The van der Waals surface area contributed by atoms with Crippen LogP contribution in [-0.4, -0.2) is 31.6 Å². The van der Waals surface area contributed by atoms with Crippen LogP contribution in [-0.2, 0) is 4.79 Å². The zero-order chi connectivity index (χ0) is 16.9. The number of carbonyl (C=O) groups is 1. The van der Waals surface area contributed by atoms with E-state index in [-0.39, 0.29) is 28.6 Å². The summed E-state index contributed by atoms with van der Waals surface area (Å²) < 4.78 is 0. The maximum absolute atomic E-state index is 12.7. The van der Waals surface area contributed by atoms with Crippen molar-refractivity contribution in [2.75, 3.05) is 11.5 Å². The van der Waals surface area contributed by atoms with Crippen molar-refractivity contribution in [1.82, 2.24) is 20.3 Å². The fourth-order valence-corrected chi connectivity index (χ4v) is 6.05. The third-order valence-corrected chi connectivity index (χ3v) is 6.69. The number of carbonyl (C=O) groups excluding carboxylic acids is 1. The van der Waals surface area contributed by atoms with E-state index in [1.807, 2.05) is 6.92 Å².